The number of nitrogens with one attached hydrogen (secondary N) is 1. The molecule has 1 aromatic carbocycles. The number of rotatable bonds is 6. The molecule has 1 saturated carbocycles. The molecule has 2 aliphatic rings. The van der Waals surface area contributed by atoms with E-state index < -0.39 is 17.0 Å². The second kappa shape index (κ2) is 9.24. The second-order valence-electron chi connectivity index (χ2n) is 8.17. The topological polar surface area (TPSA) is 102 Å². The van der Waals surface area contributed by atoms with Gasteiger partial charge in [0, 0.05) is 25.2 Å². The molecule has 0 radical (unpaired) electrons. The number of anilines is 1. The van der Waals surface area contributed by atoms with E-state index in [-0.39, 0.29) is 23.2 Å². The summed E-state index contributed by atoms with van der Waals surface area (Å²) in [7, 11) is 0. The zero-order valence-electron chi connectivity index (χ0n) is 17.1. The SMILES string of the molecule is CC1CCN(c2ccc(C(=O)O[C@H](C)C(=O)NC3CCCC3)cc2[N+](=O)[O-])CC1. The van der Waals surface area contributed by atoms with Crippen molar-refractivity contribution in [3.63, 3.8) is 0 Å². The number of hydrogen-bond donors (Lipinski definition) is 1. The Labute approximate surface area is 170 Å². The fourth-order valence-corrected chi connectivity index (χ4v) is 3.98. The van der Waals surface area contributed by atoms with Crippen LogP contribution in [0.1, 0.15) is 62.7 Å². The Kier molecular flexibility index (Phi) is 6.71. The molecule has 0 spiro atoms. The number of amides is 1. The van der Waals surface area contributed by atoms with E-state index in [9.17, 15) is 19.7 Å². The smallest absolute Gasteiger partial charge is 0.339 e. The number of nitro groups is 1. The van der Waals surface area contributed by atoms with Gasteiger partial charge in [0.1, 0.15) is 5.69 Å². The first-order valence-corrected chi connectivity index (χ1v) is 10.4. The van der Waals surface area contributed by atoms with Crippen molar-refractivity contribution in [1.82, 2.24) is 5.32 Å². The monoisotopic (exact) mass is 403 g/mol. The molecule has 3 rings (SSSR count). The minimum atomic E-state index is -0.953. The zero-order chi connectivity index (χ0) is 21.0. The number of benzene rings is 1. The Hall–Kier alpha value is -2.64. The molecular weight excluding hydrogens is 374 g/mol. The lowest BCUT2D eigenvalue weighted by atomic mass is 9.98. The fourth-order valence-electron chi connectivity index (χ4n) is 3.98. The van der Waals surface area contributed by atoms with Crippen LogP contribution < -0.4 is 10.2 Å². The molecule has 2 fully saturated rings. The van der Waals surface area contributed by atoms with Crippen molar-refractivity contribution >= 4 is 23.3 Å². The van der Waals surface area contributed by atoms with Crippen LogP contribution >= 0.6 is 0 Å². The predicted octanol–water partition coefficient (Wildman–Crippen LogP) is 3.44. The van der Waals surface area contributed by atoms with E-state index >= 15 is 0 Å². The molecule has 1 amide bonds. The predicted molar refractivity (Wildman–Crippen MR) is 109 cm³/mol. The molecular formula is C21H29N3O5. The molecule has 1 atom stereocenters. The summed E-state index contributed by atoms with van der Waals surface area (Å²) in [5, 5.41) is 14.5. The van der Waals surface area contributed by atoms with Crippen molar-refractivity contribution < 1.29 is 19.2 Å². The average Bonchev–Trinajstić information content (AvgIpc) is 3.21. The molecule has 1 N–H and O–H groups in total. The van der Waals surface area contributed by atoms with Gasteiger partial charge in [0.15, 0.2) is 6.10 Å². The number of carbonyl (C=O) groups is 2. The van der Waals surface area contributed by atoms with Crippen LogP contribution in [-0.2, 0) is 9.53 Å². The summed E-state index contributed by atoms with van der Waals surface area (Å²) in [6.07, 6.45) is 5.06. The molecule has 29 heavy (non-hydrogen) atoms. The minimum Gasteiger partial charge on any atom is -0.449 e. The van der Waals surface area contributed by atoms with Crippen LogP contribution in [0.2, 0.25) is 0 Å². The summed E-state index contributed by atoms with van der Waals surface area (Å²) < 4.78 is 5.26. The minimum absolute atomic E-state index is 0.0753. The molecule has 1 saturated heterocycles. The highest BCUT2D eigenvalue weighted by atomic mass is 16.6. The lowest BCUT2D eigenvalue weighted by Crippen LogP contribution is -2.40. The van der Waals surface area contributed by atoms with E-state index in [1.165, 1.54) is 19.1 Å². The number of piperidine rings is 1. The van der Waals surface area contributed by atoms with Crippen LogP contribution in [0, 0.1) is 16.0 Å². The van der Waals surface area contributed by atoms with Gasteiger partial charge in [0.25, 0.3) is 11.6 Å². The van der Waals surface area contributed by atoms with Gasteiger partial charge in [-0.1, -0.05) is 19.8 Å². The first kappa shape index (κ1) is 21.1. The van der Waals surface area contributed by atoms with E-state index in [0.717, 1.165) is 51.6 Å². The molecule has 1 aliphatic carbocycles. The summed E-state index contributed by atoms with van der Waals surface area (Å²) in [5.41, 5.74) is 0.480. The molecule has 0 unspecified atom stereocenters. The van der Waals surface area contributed by atoms with Crippen LogP contribution in [0.25, 0.3) is 0 Å². The highest BCUT2D eigenvalue weighted by Crippen LogP contribution is 2.32. The molecule has 0 aromatic heterocycles. The summed E-state index contributed by atoms with van der Waals surface area (Å²) in [4.78, 5) is 37.8. The number of nitrogens with zero attached hydrogens (tertiary/aromatic N) is 2. The zero-order valence-corrected chi connectivity index (χ0v) is 17.1. The van der Waals surface area contributed by atoms with E-state index in [0.29, 0.717) is 11.6 Å². The largest absolute Gasteiger partial charge is 0.449 e. The Bertz CT molecular complexity index is 768. The average molecular weight is 403 g/mol. The number of esters is 1. The maximum Gasteiger partial charge on any atom is 0.339 e. The van der Waals surface area contributed by atoms with Crippen molar-refractivity contribution in [2.45, 2.75) is 64.5 Å². The Balaban J connectivity index is 1.67. The first-order valence-electron chi connectivity index (χ1n) is 10.4. The summed E-state index contributed by atoms with van der Waals surface area (Å²) >= 11 is 0. The summed E-state index contributed by atoms with van der Waals surface area (Å²) in [6.45, 7) is 5.20. The number of carbonyl (C=O) groups excluding carboxylic acids is 2. The molecule has 1 aromatic rings. The third-order valence-corrected chi connectivity index (χ3v) is 5.89. The third kappa shape index (κ3) is 5.25. The number of nitro benzene ring substituents is 1. The summed E-state index contributed by atoms with van der Waals surface area (Å²) in [5.74, 6) is -0.462. The molecule has 158 valence electrons. The number of hydrogen-bond acceptors (Lipinski definition) is 6. The van der Waals surface area contributed by atoms with Gasteiger partial charge in [-0.3, -0.25) is 14.9 Å². The standard InChI is InChI=1S/C21H29N3O5/c1-14-9-11-23(12-10-14)18-8-7-16(13-19(18)24(27)28)21(26)29-15(2)20(25)22-17-5-3-4-6-17/h7-8,13-15,17H,3-6,9-12H2,1-2H3,(H,22,25)/t15-/m1/s1. The van der Waals surface area contributed by atoms with Gasteiger partial charge in [0.05, 0.1) is 10.5 Å². The van der Waals surface area contributed by atoms with Gasteiger partial charge < -0.3 is 15.0 Å². The van der Waals surface area contributed by atoms with E-state index in [4.69, 9.17) is 4.74 Å². The Morgan fingerprint density at radius 1 is 1.21 bits per heavy atom. The van der Waals surface area contributed by atoms with E-state index in [2.05, 4.69) is 12.2 Å². The Morgan fingerprint density at radius 2 is 1.86 bits per heavy atom. The van der Waals surface area contributed by atoms with Crippen LogP contribution in [0.4, 0.5) is 11.4 Å². The van der Waals surface area contributed by atoms with Crippen LogP contribution in [0.5, 0.6) is 0 Å². The normalized spacial score (nSPS) is 19.0. The second-order valence-corrected chi connectivity index (χ2v) is 8.17. The summed E-state index contributed by atoms with van der Waals surface area (Å²) in [6, 6.07) is 4.52. The van der Waals surface area contributed by atoms with Gasteiger partial charge in [0.2, 0.25) is 0 Å². The maximum absolute atomic E-state index is 12.5. The Morgan fingerprint density at radius 3 is 2.48 bits per heavy atom. The molecule has 1 heterocycles. The van der Waals surface area contributed by atoms with Crippen LogP contribution in [0.3, 0.4) is 0 Å². The van der Waals surface area contributed by atoms with Crippen molar-refractivity contribution in [2.75, 3.05) is 18.0 Å². The molecule has 1 aliphatic heterocycles. The maximum atomic E-state index is 12.5. The fraction of sp³-hybridized carbons (Fsp3) is 0.619. The van der Waals surface area contributed by atoms with Crippen molar-refractivity contribution in [3.05, 3.63) is 33.9 Å². The molecule has 8 nitrogen and oxygen atoms in total. The van der Waals surface area contributed by atoms with E-state index in [1.807, 2.05) is 4.90 Å². The van der Waals surface area contributed by atoms with Gasteiger partial charge in [-0.05, 0) is 50.7 Å². The number of ether oxygens (including phenoxy) is 1. The quantitative estimate of drug-likeness (QED) is 0.443. The van der Waals surface area contributed by atoms with Gasteiger partial charge >= 0.3 is 5.97 Å². The van der Waals surface area contributed by atoms with Gasteiger partial charge in [-0.25, -0.2) is 4.79 Å². The van der Waals surface area contributed by atoms with Crippen LogP contribution in [0.15, 0.2) is 18.2 Å². The highest BCUT2D eigenvalue weighted by Gasteiger charge is 2.27. The van der Waals surface area contributed by atoms with Crippen molar-refractivity contribution in [1.29, 1.82) is 0 Å². The third-order valence-electron chi connectivity index (χ3n) is 5.89. The lowest BCUT2D eigenvalue weighted by Gasteiger charge is -2.31. The van der Waals surface area contributed by atoms with Crippen molar-refractivity contribution in [3.8, 4) is 0 Å². The van der Waals surface area contributed by atoms with Crippen LogP contribution in [-0.4, -0.2) is 42.0 Å². The molecule has 8 heteroatoms. The van der Waals surface area contributed by atoms with Crippen molar-refractivity contribution in [2.24, 2.45) is 5.92 Å². The van der Waals surface area contributed by atoms with Gasteiger partial charge in [-0.2, -0.15) is 0 Å². The van der Waals surface area contributed by atoms with E-state index in [1.54, 1.807) is 6.07 Å². The van der Waals surface area contributed by atoms with Gasteiger partial charge in [-0.15, -0.1) is 0 Å². The molecule has 0 bridgehead atoms. The highest BCUT2D eigenvalue weighted by molar-refractivity contribution is 5.93. The lowest BCUT2D eigenvalue weighted by molar-refractivity contribution is -0.384. The first-order chi connectivity index (χ1) is 13.8.